The molecule has 10 nitrogen and oxygen atoms in total. The summed E-state index contributed by atoms with van der Waals surface area (Å²) in [6.45, 7) is 8.77. The van der Waals surface area contributed by atoms with E-state index in [2.05, 4.69) is 30.7 Å². The molecule has 184 valence electrons. The average Bonchev–Trinajstić information content (AvgIpc) is 2.83. The predicted octanol–water partition coefficient (Wildman–Crippen LogP) is 4.15. The molecule has 0 bridgehead atoms. The molecular weight excluding hydrogens is 446 g/mol. The third kappa shape index (κ3) is 6.89. The number of ether oxygens (including phenoxy) is 2. The van der Waals surface area contributed by atoms with E-state index in [0.717, 1.165) is 11.1 Å². The van der Waals surface area contributed by atoms with Crippen molar-refractivity contribution in [2.75, 3.05) is 30.4 Å². The van der Waals surface area contributed by atoms with Crippen molar-refractivity contribution in [2.24, 2.45) is 21.9 Å². The molecule has 0 aliphatic carbocycles. The summed E-state index contributed by atoms with van der Waals surface area (Å²) in [5.41, 5.74) is 2.78. The monoisotopic (exact) mass is 477 g/mol. The van der Waals surface area contributed by atoms with E-state index >= 15 is 0 Å². The van der Waals surface area contributed by atoms with Gasteiger partial charge in [-0.2, -0.15) is 5.10 Å². The first-order valence-electron chi connectivity index (χ1n) is 11.4. The lowest BCUT2D eigenvalue weighted by Crippen LogP contribution is -2.17. The Labute approximate surface area is 204 Å². The lowest BCUT2D eigenvalue weighted by Gasteiger charge is -2.14. The van der Waals surface area contributed by atoms with Crippen LogP contribution in [0.2, 0.25) is 0 Å². The molecule has 0 fully saturated rings. The van der Waals surface area contributed by atoms with E-state index in [-0.39, 0.29) is 18.4 Å². The number of benzene rings is 2. The van der Waals surface area contributed by atoms with Gasteiger partial charge < -0.3 is 25.9 Å². The molecule has 0 atom stereocenters. The molecule has 1 heterocycles. The van der Waals surface area contributed by atoms with Gasteiger partial charge in [0.1, 0.15) is 30.2 Å². The predicted molar refractivity (Wildman–Crippen MR) is 140 cm³/mol. The number of aliphatic imine (C=N–C) groups is 1. The van der Waals surface area contributed by atoms with Crippen LogP contribution in [0.3, 0.4) is 0 Å². The van der Waals surface area contributed by atoms with E-state index < -0.39 is 0 Å². The molecular formula is C25H31N7O3. The van der Waals surface area contributed by atoms with E-state index in [9.17, 15) is 4.79 Å². The Morgan fingerprint density at radius 3 is 2.46 bits per heavy atom. The number of aromatic nitrogens is 2. The van der Waals surface area contributed by atoms with Crippen LogP contribution < -0.4 is 25.9 Å². The number of nitrogens with two attached hydrogens (primary N) is 1. The largest absolute Gasteiger partial charge is 0.494 e. The minimum atomic E-state index is -0.240. The summed E-state index contributed by atoms with van der Waals surface area (Å²) in [6.07, 6.45) is 3.02. The third-order valence-corrected chi connectivity index (χ3v) is 4.92. The van der Waals surface area contributed by atoms with E-state index in [1.54, 1.807) is 12.1 Å². The van der Waals surface area contributed by atoms with Gasteiger partial charge in [0.25, 0.3) is 0 Å². The molecule has 0 radical (unpaired) electrons. The standard InChI is InChI=1S/C25H31N7O3/c1-5-34-19-11-20-24(22(12-19)35-6-2)25(29-15-28-20)31-18-9-7-17(8-10-18)30-23(33)14-27-13-21(32-26)16(3)4/h7-13,15-16H,5-6,14,26H2,1-4H3,(H,30,33)(H,28,29,31). The van der Waals surface area contributed by atoms with Crippen molar-refractivity contribution in [3.63, 3.8) is 0 Å². The fraction of sp³-hybridized carbons (Fsp3) is 0.320. The first-order chi connectivity index (χ1) is 16.9. The number of hydrogen-bond donors (Lipinski definition) is 3. The highest BCUT2D eigenvalue weighted by molar-refractivity contribution is 6.31. The second-order valence-electron chi connectivity index (χ2n) is 7.83. The zero-order valence-electron chi connectivity index (χ0n) is 20.4. The molecule has 35 heavy (non-hydrogen) atoms. The van der Waals surface area contributed by atoms with Crippen molar-refractivity contribution < 1.29 is 14.3 Å². The third-order valence-electron chi connectivity index (χ3n) is 4.92. The lowest BCUT2D eigenvalue weighted by molar-refractivity contribution is -0.114. The molecule has 10 heteroatoms. The summed E-state index contributed by atoms with van der Waals surface area (Å²) < 4.78 is 11.5. The van der Waals surface area contributed by atoms with Crippen LogP contribution in [0.5, 0.6) is 11.5 Å². The number of carbonyl (C=O) groups excluding carboxylic acids is 1. The first kappa shape index (κ1) is 25.4. The van der Waals surface area contributed by atoms with E-state index in [4.69, 9.17) is 15.3 Å². The van der Waals surface area contributed by atoms with Crippen LogP contribution in [-0.2, 0) is 4.79 Å². The maximum Gasteiger partial charge on any atom is 0.246 e. The zero-order valence-corrected chi connectivity index (χ0v) is 20.4. The van der Waals surface area contributed by atoms with Crippen molar-refractivity contribution >= 4 is 45.9 Å². The molecule has 3 rings (SSSR count). The summed E-state index contributed by atoms with van der Waals surface area (Å²) in [5.74, 6) is 7.15. The Kier molecular flexibility index (Phi) is 8.94. The number of hydrogen-bond acceptors (Lipinski definition) is 9. The van der Waals surface area contributed by atoms with E-state index in [1.807, 2.05) is 52.0 Å². The van der Waals surface area contributed by atoms with Crippen LogP contribution in [0.4, 0.5) is 17.2 Å². The van der Waals surface area contributed by atoms with E-state index in [0.29, 0.717) is 47.4 Å². The van der Waals surface area contributed by atoms with Crippen LogP contribution in [-0.4, -0.2) is 47.6 Å². The second-order valence-corrected chi connectivity index (χ2v) is 7.83. The molecule has 4 N–H and O–H groups in total. The zero-order chi connectivity index (χ0) is 25.2. The number of hydrazone groups is 1. The van der Waals surface area contributed by atoms with Crippen LogP contribution in [0, 0.1) is 5.92 Å². The Hall–Kier alpha value is -4.21. The fourth-order valence-electron chi connectivity index (χ4n) is 3.27. The fourth-order valence-corrected chi connectivity index (χ4v) is 3.27. The van der Waals surface area contributed by atoms with Crippen LogP contribution in [0.15, 0.2) is 52.8 Å². The molecule has 0 unspecified atom stereocenters. The molecule has 3 aromatic rings. The van der Waals surface area contributed by atoms with Crippen LogP contribution >= 0.6 is 0 Å². The Morgan fingerprint density at radius 1 is 1.09 bits per heavy atom. The van der Waals surface area contributed by atoms with Gasteiger partial charge in [-0.25, -0.2) is 9.97 Å². The number of anilines is 3. The van der Waals surface area contributed by atoms with Gasteiger partial charge >= 0.3 is 0 Å². The SMILES string of the molecule is CCOc1cc(OCC)c2c(Nc3ccc(NC(=O)CN=CC(=NN)C(C)C)cc3)ncnc2c1. The Bertz CT molecular complexity index is 1210. The van der Waals surface area contributed by atoms with Gasteiger partial charge in [-0.05, 0) is 44.0 Å². The van der Waals surface area contributed by atoms with Crippen molar-refractivity contribution in [1.82, 2.24) is 9.97 Å². The van der Waals surface area contributed by atoms with E-state index in [1.165, 1.54) is 12.5 Å². The highest BCUT2D eigenvalue weighted by atomic mass is 16.5. The van der Waals surface area contributed by atoms with Crippen molar-refractivity contribution in [3.8, 4) is 11.5 Å². The maximum absolute atomic E-state index is 12.2. The maximum atomic E-state index is 12.2. The molecule has 0 aliphatic heterocycles. The normalized spacial score (nSPS) is 11.7. The molecule has 0 saturated heterocycles. The number of fused-ring (bicyclic) bond motifs is 1. The molecule has 0 aliphatic rings. The summed E-state index contributed by atoms with van der Waals surface area (Å²) in [6, 6.07) is 11.0. The highest BCUT2D eigenvalue weighted by Gasteiger charge is 2.13. The molecule has 0 spiro atoms. The summed E-state index contributed by atoms with van der Waals surface area (Å²) >= 11 is 0. The summed E-state index contributed by atoms with van der Waals surface area (Å²) in [4.78, 5) is 25.1. The lowest BCUT2D eigenvalue weighted by atomic mass is 10.1. The first-order valence-corrected chi connectivity index (χ1v) is 11.4. The molecule has 1 aromatic heterocycles. The van der Waals surface area contributed by atoms with Gasteiger partial charge in [-0.1, -0.05) is 13.8 Å². The van der Waals surface area contributed by atoms with Gasteiger partial charge in [-0.3, -0.25) is 9.79 Å². The molecule has 0 saturated carbocycles. The number of nitrogens with one attached hydrogen (secondary N) is 2. The number of rotatable bonds is 11. The van der Waals surface area contributed by atoms with Gasteiger partial charge in [0, 0.05) is 29.7 Å². The van der Waals surface area contributed by atoms with Crippen LogP contribution in [0.1, 0.15) is 27.7 Å². The van der Waals surface area contributed by atoms with Crippen molar-refractivity contribution in [1.29, 1.82) is 0 Å². The highest BCUT2D eigenvalue weighted by Crippen LogP contribution is 2.35. The van der Waals surface area contributed by atoms with Gasteiger partial charge in [-0.15, -0.1) is 0 Å². The minimum Gasteiger partial charge on any atom is -0.494 e. The summed E-state index contributed by atoms with van der Waals surface area (Å²) in [5, 5.41) is 10.5. The van der Waals surface area contributed by atoms with Crippen LogP contribution in [0.25, 0.3) is 10.9 Å². The topological polar surface area (TPSA) is 136 Å². The van der Waals surface area contributed by atoms with Gasteiger partial charge in [0.05, 0.1) is 29.8 Å². The smallest absolute Gasteiger partial charge is 0.246 e. The average molecular weight is 478 g/mol. The second kappa shape index (κ2) is 12.3. The van der Waals surface area contributed by atoms with Gasteiger partial charge in [0.2, 0.25) is 5.91 Å². The molecule has 2 aromatic carbocycles. The van der Waals surface area contributed by atoms with Gasteiger partial charge in [0.15, 0.2) is 0 Å². The molecule has 1 amide bonds. The Morgan fingerprint density at radius 2 is 1.80 bits per heavy atom. The number of nitrogens with zero attached hydrogens (tertiary/aromatic N) is 4. The number of amides is 1. The van der Waals surface area contributed by atoms with Crippen molar-refractivity contribution in [2.45, 2.75) is 27.7 Å². The summed E-state index contributed by atoms with van der Waals surface area (Å²) in [7, 11) is 0. The number of carbonyl (C=O) groups is 1. The minimum absolute atomic E-state index is 0.0252. The Balaban J connectivity index is 1.72. The van der Waals surface area contributed by atoms with Crippen molar-refractivity contribution in [3.05, 3.63) is 42.7 Å². The quantitative estimate of drug-likeness (QED) is 0.214.